The summed E-state index contributed by atoms with van der Waals surface area (Å²) in [6, 6.07) is -2.55. The van der Waals surface area contributed by atoms with Gasteiger partial charge in [-0.3, -0.25) is 34.7 Å². The van der Waals surface area contributed by atoms with E-state index in [1.54, 1.807) is 13.8 Å². The lowest BCUT2D eigenvalue weighted by molar-refractivity contribution is -0.142. The molecule has 0 aromatic rings. The van der Waals surface area contributed by atoms with Crippen LogP contribution >= 0.6 is 0 Å². The van der Waals surface area contributed by atoms with Gasteiger partial charge in [-0.2, -0.15) is 0 Å². The average Bonchev–Trinajstić information content (AvgIpc) is 3.18. The van der Waals surface area contributed by atoms with E-state index < -0.39 is 35.8 Å². The number of carbonyl (C=O) groups excluding carboxylic acids is 5. The number of nitrogens with two attached hydrogens (primary N) is 1. The van der Waals surface area contributed by atoms with Gasteiger partial charge < -0.3 is 26.6 Å². The van der Waals surface area contributed by atoms with Crippen LogP contribution < -0.4 is 27.0 Å². The smallest absolute Gasteiger partial charge is 0.248 e. The number of nitrogens with zero attached hydrogens (tertiary/aromatic N) is 1. The van der Waals surface area contributed by atoms with E-state index in [2.05, 4.69) is 21.3 Å². The van der Waals surface area contributed by atoms with Crippen molar-refractivity contribution in [2.75, 3.05) is 13.1 Å². The van der Waals surface area contributed by atoms with Crippen molar-refractivity contribution < 1.29 is 24.0 Å². The molecule has 1 aliphatic heterocycles. The van der Waals surface area contributed by atoms with Crippen LogP contribution in [-0.2, 0) is 24.0 Å². The SMILES string of the molecule is CC(=O)N[C@@H](CCCNC(=N)N)C(=O)N1CCC[C@H]1C(=O)N[C@@H](C)C(=O)NC(=O)C(C)C. The van der Waals surface area contributed by atoms with E-state index in [1.807, 2.05) is 0 Å². The lowest BCUT2D eigenvalue weighted by atomic mass is 10.1. The van der Waals surface area contributed by atoms with Crippen LogP contribution in [0.1, 0.15) is 53.4 Å². The minimum absolute atomic E-state index is 0.183. The Hall–Kier alpha value is -3.18. The quantitative estimate of drug-likeness (QED) is 0.133. The number of guanidine groups is 1. The second kappa shape index (κ2) is 12.6. The van der Waals surface area contributed by atoms with Crippen molar-refractivity contribution in [2.24, 2.45) is 11.7 Å². The van der Waals surface area contributed by atoms with Crippen molar-refractivity contribution >= 4 is 35.5 Å². The summed E-state index contributed by atoms with van der Waals surface area (Å²) in [7, 11) is 0. The lowest BCUT2D eigenvalue weighted by Crippen LogP contribution is -2.56. The Bertz CT molecular complexity index is 740. The molecular weight excluding hydrogens is 418 g/mol. The summed E-state index contributed by atoms with van der Waals surface area (Å²) < 4.78 is 0. The first-order valence-corrected chi connectivity index (χ1v) is 10.7. The molecule has 1 fully saturated rings. The Morgan fingerprint density at radius 1 is 1.09 bits per heavy atom. The highest BCUT2D eigenvalue weighted by Crippen LogP contribution is 2.20. The number of likely N-dealkylation sites (tertiary alicyclic amines) is 1. The van der Waals surface area contributed by atoms with Crippen molar-refractivity contribution in [1.29, 1.82) is 5.41 Å². The Morgan fingerprint density at radius 2 is 1.75 bits per heavy atom. The van der Waals surface area contributed by atoms with Gasteiger partial charge in [0, 0.05) is 25.9 Å². The fraction of sp³-hybridized carbons (Fsp3) is 0.700. The van der Waals surface area contributed by atoms with Crippen LogP contribution in [0.25, 0.3) is 0 Å². The molecule has 1 heterocycles. The molecule has 32 heavy (non-hydrogen) atoms. The molecule has 12 nitrogen and oxygen atoms in total. The van der Waals surface area contributed by atoms with E-state index in [1.165, 1.54) is 18.7 Å². The zero-order valence-corrected chi connectivity index (χ0v) is 19.1. The Balaban J connectivity index is 2.76. The van der Waals surface area contributed by atoms with Gasteiger partial charge in [0.1, 0.15) is 18.1 Å². The predicted octanol–water partition coefficient (Wildman–Crippen LogP) is -1.45. The van der Waals surface area contributed by atoms with Crippen molar-refractivity contribution in [3.8, 4) is 0 Å². The molecule has 12 heteroatoms. The van der Waals surface area contributed by atoms with Crippen LogP contribution in [0.3, 0.4) is 0 Å². The van der Waals surface area contributed by atoms with Gasteiger partial charge in [0.05, 0.1) is 0 Å². The molecule has 3 atom stereocenters. The van der Waals surface area contributed by atoms with Crippen molar-refractivity contribution in [1.82, 2.24) is 26.2 Å². The summed E-state index contributed by atoms with van der Waals surface area (Å²) in [5, 5.41) is 17.2. The second-order valence-corrected chi connectivity index (χ2v) is 8.16. The van der Waals surface area contributed by atoms with Crippen molar-refractivity contribution in [3.63, 3.8) is 0 Å². The van der Waals surface area contributed by atoms with E-state index in [9.17, 15) is 24.0 Å². The van der Waals surface area contributed by atoms with Gasteiger partial charge in [-0.25, -0.2) is 0 Å². The number of rotatable bonds is 10. The normalized spacial score (nSPS) is 17.3. The minimum Gasteiger partial charge on any atom is -0.370 e. The van der Waals surface area contributed by atoms with Crippen LogP contribution in [0.2, 0.25) is 0 Å². The molecule has 180 valence electrons. The third kappa shape index (κ3) is 8.52. The van der Waals surface area contributed by atoms with Crippen molar-refractivity contribution in [3.05, 3.63) is 0 Å². The molecule has 0 bridgehead atoms. The maximum Gasteiger partial charge on any atom is 0.248 e. The number of amides is 5. The monoisotopic (exact) mass is 453 g/mol. The fourth-order valence-electron chi connectivity index (χ4n) is 3.28. The predicted molar refractivity (Wildman–Crippen MR) is 117 cm³/mol. The van der Waals surface area contributed by atoms with E-state index in [0.717, 1.165) is 0 Å². The van der Waals surface area contributed by atoms with Crippen LogP contribution in [-0.4, -0.2) is 71.6 Å². The van der Waals surface area contributed by atoms with Gasteiger partial charge in [0.15, 0.2) is 5.96 Å². The molecule has 7 N–H and O–H groups in total. The summed E-state index contributed by atoms with van der Waals surface area (Å²) in [6.07, 6.45) is 1.81. The number of hydrogen-bond acceptors (Lipinski definition) is 6. The number of carbonyl (C=O) groups is 5. The van der Waals surface area contributed by atoms with Crippen LogP contribution in [0.15, 0.2) is 0 Å². The summed E-state index contributed by atoms with van der Waals surface area (Å²) in [4.78, 5) is 62.7. The van der Waals surface area contributed by atoms with Gasteiger partial charge in [-0.05, 0) is 32.6 Å². The number of nitrogens with one attached hydrogen (secondary N) is 5. The molecule has 1 aliphatic rings. The van der Waals surface area contributed by atoms with Gasteiger partial charge in [0.25, 0.3) is 0 Å². The molecule has 0 radical (unpaired) electrons. The minimum atomic E-state index is -0.952. The van der Waals surface area contributed by atoms with E-state index in [4.69, 9.17) is 11.1 Å². The fourth-order valence-corrected chi connectivity index (χ4v) is 3.28. The van der Waals surface area contributed by atoms with Crippen LogP contribution in [0.5, 0.6) is 0 Å². The molecule has 0 aliphatic carbocycles. The van der Waals surface area contributed by atoms with Crippen LogP contribution in [0, 0.1) is 11.3 Å². The molecule has 0 unspecified atom stereocenters. The maximum atomic E-state index is 13.1. The molecule has 0 aromatic carbocycles. The van der Waals surface area contributed by atoms with E-state index in [-0.39, 0.29) is 23.7 Å². The first-order valence-electron chi connectivity index (χ1n) is 10.7. The maximum absolute atomic E-state index is 13.1. The van der Waals surface area contributed by atoms with Crippen molar-refractivity contribution in [2.45, 2.75) is 71.5 Å². The van der Waals surface area contributed by atoms with Gasteiger partial charge in [-0.15, -0.1) is 0 Å². The Morgan fingerprint density at radius 3 is 2.31 bits per heavy atom. The third-order valence-corrected chi connectivity index (χ3v) is 5.02. The summed E-state index contributed by atoms with van der Waals surface area (Å²) in [5.74, 6) is -2.86. The average molecular weight is 454 g/mol. The zero-order valence-electron chi connectivity index (χ0n) is 19.1. The molecule has 5 amide bonds. The molecular formula is C20H35N7O5. The van der Waals surface area contributed by atoms with Crippen LogP contribution in [0.4, 0.5) is 0 Å². The highest BCUT2D eigenvalue weighted by atomic mass is 16.2. The van der Waals surface area contributed by atoms with E-state index in [0.29, 0.717) is 38.8 Å². The molecule has 1 rings (SSSR count). The summed E-state index contributed by atoms with van der Waals surface area (Å²) >= 11 is 0. The summed E-state index contributed by atoms with van der Waals surface area (Å²) in [6.45, 7) is 6.78. The highest BCUT2D eigenvalue weighted by molar-refractivity contribution is 6.00. The number of imide groups is 1. The van der Waals surface area contributed by atoms with E-state index >= 15 is 0 Å². The summed E-state index contributed by atoms with van der Waals surface area (Å²) in [5.41, 5.74) is 5.24. The Kier molecular flexibility index (Phi) is 10.6. The van der Waals surface area contributed by atoms with Gasteiger partial charge >= 0.3 is 0 Å². The van der Waals surface area contributed by atoms with Gasteiger partial charge in [0.2, 0.25) is 29.5 Å². The molecule has 0 saturated carbocycles. The first kappa shape index (κ1) is 26.9. The molecule has 0 aromatic heterocycles. The molecule has 0 spiro atoms. The molecule has 1 saturated heterocycles. The lowest BCUT2D eigenvalue weighted by Gasteiger charge is -2.29. The van der Waals surface area contributed by atoms with Gasteiger partial charge in [-0.1, -0.05) is 13.8 Å². The standard InChI is InChI=1S/C20H35N7O5/c1-11(2)16(29)26-17(30)12(3)24-18(31)15-8-6-10-27(15)19(32)14(25-13(4)28)7-5-9-23-20(21)22/h11-12,14-15H,5-10H2,1-4H3,(H,24,31)(H,25,28)(H4,21,22,23)(H,26,29,30)/t12-,14-,15-/m0/s1. The first-order chi connectivity index (χ1) is 14.9. The third-order valence-electron chi connectivity index (χ3n) is 5.02. The largest absolute Gasteiger partial charge is 0.370 e. The Labute approximate surface area is 187 Å². The highest BCUT2D eigenvalue weighted by Gasteiger charge is 2.38. The topological polar surface area (TPSA) is 187 Å². The zero-order chi connectivity index (χ0) is 24.4. The number of hydrogen-bond donors (Lipinski definition) is 6. The second-order valence-electron chi connectivity index (χ2n) is 8.16.